The average Bonchev–Trinajstić information content (AvgIpc) is 3.20. The van der Waals surface area contributed by atoms with Gasteiger partial charge in [0.15, 0.2) is 0 Å². The minimum Gasteiger partial charge on any atom is -0.241 e. The van der Waals surface area contributed by atoms with E-state index in [1.807, 2.05) is 48.7 Å². The molecule has 1 N–H and O–H groups in total. The Kier molecular flexibility index (Phi) is 6.08. The van der Waals surface area contributed by atoms with E-state index in [0.717, 1.165) is 29.7 Å². The van der Waals surface area contributed by atoms with Gasteiger partial charge in [-0.2, -0.15) is 5.10 Å². The van der Waals surface area contributed by atoms with E-state index in [1.54, 1.807) is 23.0 Å². The Bertz CT molecular complexity index is 939. The number of hydrogen-bond acceptors (Lipinski definition) is 3. The van der Waals surface area contributed by atoms with Gasteiger partial charge >= 0.3 is 0 Å². The molecule has 0 unspecified atom stereocenters. The van der Waals surface area contributed by atoms with Gasteiger partial charge in [-0.15, -0.1) is 11.6 Å². The zero-order valence-electron chi connectivity index (χ0n) is 14.2. The summed E-state index contributed by atoms with van der Waals surface area (Å²) in [5.41, 5.74) is 2.83. The summed E-state index contributed by atoms with van der Waals surface area (Å²) in [5, 5.41) is 4.18. The first kappa shape index (κ1) is 18.6. The van der Waals surface area contributed by atoms with Gasteiger partial charge in [-0.25, -0.2) is 17.8 Å². The summed E-state index contributed by atoms with van der Waals surface area (Å²) in [6.45, 7) is 0.214. The van der Waals surface area contributed by atoms with E-state index in [-0.39, 0.29) is 11.4 Å². The second-order valence-electron chi connectivity index (χ2n) is 5.88. The van der Waals surface area contributed by atoms with Crippen LogP contribution < -0.4 is 4.72 Å². The molecular weight excluding hydrogens is 370 g/mol. The third-order valence-electron chi connectivity index (χ3n) is 3.98. The molecule has 1 aromatic heterocycles. The van der Waals surface area contributed by atoms with Crippen molar-refractivity contribution in [2.45, 2.75) is 24.3 Å². The number of sulfonamides is 1. The largest absolute Gasteiger partial charge is 0.241 e. The van der Waals surface area contributed by atoms with Gasteiger partial charge in [-0.3, -0.25) is 0 Å². The van der Waals surface area contributed by atoms with Crippen molar-refractivity contribution in [3.8, 4) is 5.69 Å². The smallest absolute Gasteiger partial charge is 0.240 e. The van der Waals surface area contributed by atoms with E-state index in [0.29, 0.717) is 5.88 Å². The molecule has 0 bridgehead atoms. The number of nitrogens with one attached hydrogen (secondary N) is 1. The third-order valence-corrected chi connectivity index (χ3v) is 5.66. The predicted octanol–water partition coefficient (Wildman–Crippen LogP) is 3.52. The van der Waals surface area contributed by atoms with Gasteiger partial charge < -0.3 is 0 Å². The van der Waals surface area contributed by atoms with Crippen molar-refractivity contribution in [3.63, 3.8) is 0 Å². The van der Waals surface area contributed by atoms with Gasteiger partial charge in [0.25, 0.3) is 0 Å². The van der Waals surface area contributed by atoms with Crippen molar-refractivity contribution >= 4 is 21.6 Å². The highest BCUT2D eigenvalue weighted by atomic mass is 35.5. The molecule has 0 aliphatic rings. The zero-order valence-corrected chi connectivity index (χ0v) is 15.7. The number of rotatable bonds is 8. The summed E-state index contributed by atoms with van der Waals surface area (Å²) >= 11 is 5.69. The van der Waals surface area contributed by atoms with Crippen molar-refractivity contribution in [1.82, 2.24) is 14.5 Å². The fourth-order valence-corrected chi connectivity index (χ4v) is 3.75. The molecule has 0 fully saturated rings. The van der Waals surface area contributed by atoms with Crippen LogP contribution in [0.25, 0.3) is 5.69 Å². The molecule has 0 spiro atoms. The van der Waals surface area contributed by atoms with Gasteiger partial charge in [0.05, 0.1) is 10.6 Å². The van der Waals surface area contributed by atoms with E-state index >= 15 is 0 Å². The van der Waals surface area contributed by atoms with Gasteiger partial charge in [0.1, 0.15) is 0 Å². The number of aryl methyl sites for hydroxylation is 1. The first-order valence-electron chi connectivity index (χ1n) is 8.32. The van der Waals surface area contributed by atoms with Crippen molar-refractivity contribution < 1.29 is 8.42 Å². The number of halogens is 1. The lowest BCUT2D eigenvalue weighted by Crippen LogP contribution is -2.23. The second-order valence-corrected chi connectivity index (χ2v) is 8.03. The number of aromatic nitrogens is 2. The van der Waals surface area contributed by atoms with Gasteiger partial charge in [0, 0.05) is 24.8 Å². The Morgan fingerprint density at radius 2 is 1.85 bits per heavy atom. The molecule has 0 saturated carbocycles. The van der Waals surface area contributed by atoms with Crippen molar-refractivity contribution in [2.75, 3.05) is 5.88 Å². The van der Waals surface area contributed by atoms with Crippen LogP contribution >= 0.6 is 11.6 Å². The lowest BCUT2D eigenvalue weighted by molar-refractivity contribution is 0.581. The molecule has 5 nitrogen and oxygen atoms in total. The molecule has 0 aliphatic carbocycles. The second kappa shape index (κ2) is 8.49. The lowest BCUT2D eigenvalue weighted by atomic mass is 10.1. The molecular formula is C19H20ClN3O2S. The van der Waals surface area contributed by atoms with Gasteiger partial charge in [-0.1, -0.05) is 24.3 Å². The van der Waals surface area contributed by atoms with E-state index < -0.39 is 10.0 Å². The first-order valence-corrected chi connectivity index (χ1v) is 10.3. The summed E-state index contributed by atoms with van der Waals surface area (Å²) in [7, 11) is -3.56. The van der Waals surface area contributed by atoms with Crippen LogP contribution in [0.5, 0.6) is 0 Å². The topological polar surface area (TPSA) is 64.0 Å². The Labute approximate surface area is 158 Å². The molecule has 136 valence electrons. The molecule has 0 radical (unpaired) electrons. The Morgan fingerprint density at radius 1 is 1.04 bits per heavy atom. The molecule has 3 aromatic rings. The molecule has 1 heterocycles. The highest BCUT2D eigenvalue weighted by Gasteiger charge is 2.13. The monoisotopic (exact) mass is 389 g/mol. The summed E-state index contributed by atoms with van der Waals surface area (Å²) in [5.74, 6) is 0.596. The predicted molar refractivity (Wildman–Crippen MR) is 103 cm³/mol. The van der Waals surface area contributed by atoms with Gasteiger partial charge in [0.2, 0.25) is 10.0 Å². The summed E-state index contributed by atoms with van der Waals surface area (Å²) in [6, 6.07) is 16.4. The first-order chi connectivity index (χ1) is 12.6. The van der Waals surface area contributed by atoms with Crippen LogP contribution in [0.4, 0.5) is 0 Å². The maximum atomic E-state index is 12.5. The van der Waals surface area contributed by atoms with Crippen LogP contribution in [0.3, 0.4) is 0 Å². The number of benzene rings is 2. The van der Waals surface area contributed by atoms with E-state index in [9.17, 15) is 8.42 Å². The van der Waals surface area contributed by atoms with E-state index in [2.05, 4.69) is 9.82 Å². The summed E-state index contributed by atoms with van der Waals surface area (Å²) in [4.78, 5) is 0.260. The standard InChI is InChI=1S/C19H20ClN3O2S/c20-11-2-5-16-7-9-19(10-8-16)26(24,25)22-15-17-4-1-6-18(14-17)23-13-3-12-21-23/h1,3-4,6-10,12-14,22H,2,5,11,15H2. The van der Waals surface area contributed by atoms with Crippen LogP contribution in [0, 0.1) is 0 Å². The molecule has 0 atom stereocenters. The van der Waals surface area contributed by atoms with Crippen molar-refractivity contribution in [2.24, 2.45) is 0 Å². The average molecular weight is 390 g/mol. The minimum absolute atomic E-state index is 0.214. The van der Waals surface area contributed by atoms with Crippen molar-refractivity contribution in [1.29, 1.82) is 0 Å². The summed E-state index contributed by atoms with van der Waals surface area (Å²) in [6.07, 6.45) is 5.26. The SMILES string of the molecule is O=S(=O)(NCc1cccc(-n2cccn2)c1)c1ccc(CCCCl)cc1. The van der Waals surface area contributed by atoms with E-state index in [1.165, 1.54) is 0 Å². The molecule has 0 saturated heterocycles. The highest BCUT2D eigenvalue weighted by molar-refractivity contribution is 7.89. The molecule has 7 heteroatoms. The molecule has 3 rings (SSSR count). The Balaban J connectivity index is 1.67. The maximum absolute atomic E-state index is 12.5. The normalized spacial score (nSPS) is 11.6. The van der Waals surface area contributed by atoms with Crippen LogP contribution in [0.1, 0.15) is 17.5 Å². The third kappa shape index (κ3) is 4.72. The lowest BCUT2D eigenvalue weighted by Gasteiger charge is -2.09. The number of alkyl halides is 1. The Morgan fingerprint density at radius 3 is 2.54 bits per heavy atom. The number of nitrogens with zero attached hydrogens (tertiary/aromatic N) is 2. The molecule has 2 aromatic carbocycles. The quantitative estimate of drug-likeness (QED) is 0.599. The van der Waals surface area contributed by atoms with Gasteiger partial charge in [-0.05, 0) is 54.3 Å². The molecule has 0 aliphatic heterocycles. The Hall–Kier alpha value is -2.15. The van der Waals surface area contributed by atoms with Crippen molar-refractivity contribution in [3.05, 3.63) is 78.1 Å². The van der Waals surface area contributed by atoms with Crippen LogP contribution in [0.15, 0.2) is 71.9 Å². The van der Waals surface area contributed by atoms with E-state index in [4.69, 9.17) is 11.6 Å². The highest BCUT2D eigenvalue weighted by Crippen LogP contribution is 2.14. The number of hydrogen-bond donors (Lipinski definition) is 1. The van der Waals surface area contributed by atoms with Crippen LogP contribution in [-0.4, -0.2) is 24.1 Å². The minimum atomic E-state index is -3.56. The molecule has 0 amide bonds. The molecule has 26 heavy (non-hydrogen) atoms. The fourth-order valence-electron chi connectivity index (χ4n) is 2.60. The fraction of sp³-hybridized carbons (Fsp3) is 0.211. The van der Waals surface area contributed by atoms with Crippen LogP contribution in [-0.2, 0) is 23.0 Å². The van der Waals surface area contributed by atoms with Crippen LogP contribution in [0.2, 0.25) is 0 Å². The maximum Gasteiger partial charge on any atom is 0.240 e. The zero-order chi connectivity index (χ0) is 18.4. The summed E-state index contributed by atoms with van der Waals surface area (Å²) < 4.78 is 29.4.